The smallest absolute Gasteiger partial charge is 0.0274 e. The highest BCUT2D eigenvalue weighted by molar-refractivity contribution is 5.04. The standard InChI is InChI=1S/C8H17N/c1-5-7(4)8(9)6(2)3/h6,8H,4-5,9H2,1-3H3/t8-/m0/s1. The van der Waals surface area contributed by atoms with Gasteiger partial charge < -0.3 is 5.73 Å². The summed E-state index contributed by atoms with van der Waals surface area (Å²) in [6, 6.07) is 0.190. The van der Waals surface area contributed by atoms with Crippen molar-refractivity contribution < 1.29 is 0 Å². The van der Waals surface area contributed by atoms with Crippen molar-refractivity contribution in [2.75, 3.05) is 0 Å². The van der Waals surface area contributed by atoms with E-state index in [1.807, 2.05) is 0 Å². The van der Waals surface area contributed by atoms with Gasteiger partial charge in [0.15, 0.2) is 0 Å². The molecule has 0 amide bonds. The SMILES string of the molecule is C=C(CC)[C@@H](N)C(C)C. The van der Waals surface area contributed by atoms with Gasteiger partial charge in [-0.1, -0.05) is 32.9 Å². The molecular weight excluding hydrogens is 110 g/mol. The van der Waals surface area contributed by atoms with Gasteiger partial charge in [-0.3, -0.25) is 0 Å². The van der Waals surface area contributed by atoms with Crippen molar-refractivity contribution in [1.82, 2.24) is 0 Å². The third kappa shape index (κ3) is 2.66. The number of rotatable bonds is 3. The van der Waals surface area contributed by atoms with Crippen LogP contribution in [0.1, 0.15) is 27.2 Å². The first-order valence-corrected chi connectivity index (χ1v) is 3.52. The molecule has 0 unspecified atom stereocenters. The van der Waals surface area contributed by atoms with Gasteiger partial charge >= 0.3 is 0 Å². The summed E-state index contributed by atoms with van der Waals surface area (Å²) in [6.07, 6.45) is 0.999. The molecule has 0 aromatic heterocycles. The highest BCUT2D eigenvalue weighted by Crippen LogP contribution is 2.09. The normalized spacial score (nSPS) is 13.9. The van der Waals surface area contributed by atoms with Crippen LogP contribution < -0.4 is 5.73 Å². The van der Waals surface area contributed by atoms with Gasteiger partial charge in [0.05, 0.1) is 0 Å². The Bertz CT molecular complexity index is 94.7. The molecule has 0 aliphatic carbocycles. The first kappa shape index (κ1) is 8.70. The lowest BCUT2D eigenvalue weighted by Crippen LogP contribution is -2.27. The van der Waals surface area contributed by atoms with E-state index in [1.165, 1.54) is 0 Å². The Balaban J connectivity index is 3.72. The van der Waals surface area contributed by atoms with Crippen LogP contribution in [0.2, 0.25) is 0 Å². The minimum atomic E-state index is 0.190. The molecule has 2 N–H and O–H groups in total. The first-order chi connectivity index (χ1) is 4.09. The van der Waals surface area contributed by atoms with E-state index in [9.17, 15) is 0 Å². The maximum absolute atomic E-state index is 5.77. The minimum Gasteiger partial charge on any atom is -0.324 e. The molecule has 0 aromatic carbocycles. The predicted octanol–water partition coefficient (Wildman–Crippen LogP) is 1.94. The van der Waals surface area contributed by atoms with Crippen LogP contribution in [0, 0.1) is 5.92 Å². The van der Waals surface area contributed by atoms with Crippen molar-refractivity contribution in [3.63, 3.8) is 0 Å². The molecule has 1 atom stereocenters. The van der Waals surface area contributed by atoms with Gasteiger partial charge in [0.2, 0.25) is 0 Å². The van der Waals surface area contributed by atoms with Crippen molar-refractivity contribution in [2.45, 2.75) is 33.2 Å². The molecule has 0 saturated carbocycles. The molecule has 0 aromatic rings. The highest BCUT2D eigenvalue weighted by atomic mass is 14.6. The van der Waals surface area contributed by atoms with Crippen molar-refractivity contribution in [1.29, 1.82) is 0 Å². The van der Waals surface area contributed by atoms with E-state index in [-0.39, 0.29) is 6.04 Å². The Hall–Kier alpha value is -0.300. The lowest BCUT2D eigenvalue weighted by atomic mass is 9.97. The summed E-state index contributed by atoms with van der Waals surface area (Å²) < 4.78 is 0. The van der Waals surface area contributed by atoms with Crippen LogP contribution in [0.25, 0.3) is 0 Å². The van der Waals surface area contributed by atoms with E-state index >= 15 is 0 Å². The third-order valence-electron chi connectivity index (χ3n) is 1.64. The molecule has 0 saturated heterocycles. The van der Waals surface area contributed by atoms with E-state index in [0.29, 0.717) is 5.92 Å². The van der Waals surface area contributed by atoms with Crippen molar-refractivity contribution >= 4 is 0 Å². The lowest BCUT2D eigenvalue weighted by molar-refractivity contribution is 0.539. The van der Waals surface area contributed by atoms with Gasteiger partial charge in [-0.2, -0.15) is 0 Å². The molecule has 0 rings (SSSR count). The quantitative estimate of drug-likeness (QED) is 0.576. The van der Waals surface area contributed by atoms with Gasteiger partial charge in [0.25, 0.3) is 0 Å². The monoisotopic (exact) mass is 127 g/mol. The minimum absolute atomic E-state index is 0.190. The van der Waals surface area contributed by atoms with Crippen LogP contribution in [0.15, 0.2) is 12.2 Å². The zero-order chi connectivity index (χ0) is 7.44. The molecule has 0 aliphatic heterocycles. The number of nitrogens with two attached hydrogens (primary N) is 1. The second-order valence-electron chi connectivity index (χ2n) is 2.78. The Morgan fingerprint density at radius 2 is 2.00 bits per heavy atom. The van der Waals surface area contributed by atoms with Crippen LogP contribution in [0.4, 0.5) is 0 Å². The maximum atomic E-state index is 5.77. The zero-order valence-electron chi connectivity index (χ0n) is 6.65. The molecule has 1 heteroatoms. The van der Waals surface area contributed by atoms with Crippen molar-refractivity contribution in [2.24, 2.45) is 11.7 Å². The molecule has 0 heterocycles. The lowest BCUT2D eigenvalue weighted by Gasteiger charge is -2.16. The largest absolute Gasteiger partial charge is 0.324 e. The van der Waals surface area contributed by atoms with E-state index in [4.69, 9.17) is 5.73 Å². The average Bonchev–Trinajstić information content (AvgIpc) is 1.84. The van der Waals surface area contributed by atoms with E-state index < -0.39 is 0 Å². The van der Waals surface area contributed by atoms with E-state index in [0.717, 1.165) is 12.0 Å². The predicted molar refractivity (Wildman–Crippen MR) is 42.2 cm³/mol. The maximum Gasteiger partial charge on any atom is 0.0274 e. The van der Waals surface area contributed by atoms with Crippen LogP contribution in [0.5, 0.6) is 0 Å². The van der Waals surface area contributed by atoms with Crippen LogP contribution >= 0.6 is 0 Å². The summed E-state index contributed by atoms with van der Waals surface area (Å²) >= 11 is 0. The topological polar surface area (TPSA) is 26.0 Å². The summed E-state index contributed by atoms with van der Waals surface area (Å²) in [7, 11) is 0. The summed E-state index contributed by atoms with van der Waals surface area (Å²) in [5.41, 5.74) is 6.93. The highest BCUT2D eigenvalue weighted by Gasteiger charge is 2.08. The first-order valence-electron chi connectivity index (χ1n) is 3.52. The Kier molecular flexibility index (Phi) is 3.55. The van der Waals surface area contributed by atoms with E-state index in [1.54, 1.807) is 0 Å². The molecule has 0 spiro atoms. The van der Waals surface area contributed by atoms with E-state index in [2.05, 4.69) is 27.4 Å². The Morgan fingerprint density at radius 3 is 2.11 bits per heavy atom. The van der Waals surface area contributed by atoms with Crippen molar-refractivity contribution in [3.05, 3.63) is 12.2 Å². The van der Waals surface area contributed by atoms with Gasteiger partial charge in [0, 0.05) is 6.04 Å². The Labute approximate surface area is 57.9 Å². The van der Waals surface area contributed by atoms with Crippen LogP contribution in [-0.2, 0) is 0 Å². The van der Waals surface area contributed by atoms with Gasteiger partial charge in [-0.05, 0) is 12.3 Å². The molecule has 9 heavy (non-hydrogen) atoms. The van der Waals surface area contributed by atoms with Gasteiger partial charge in [0.1, 0.15) is 0 Å². The summed E-state index contributed by atoms with van der Waals surface area (Å²) in [4.78, 5) is 0. The molecular formula is C8H17N. The van der Waals surface area contributed by atoms with Crippen molar-refractivity contribution in [3.8, 4) is 0 Å². The molecule has 54 valence electrons. The fraction of sp³-hybridized carbons (Fsp3) is 0.750. The molecule has 1 nitrogen and oxygen atoms in total. The van der Waals surface area contributed by atoms with Gasteiger partial charge in [-0.15, -0.1) is 0 Å². The van der Waals surface area contributed by atoms with Crippen LogP contribution in [-0.4, -0.2) is 6.04 Å². The third-order valence-corrected chi connectivity index (χ3v) is 1.64. The fourth-order valence-electron chi connectivity index (χ4n) is 0.707. The average molecular weight is 127 g/mol. The molecule has 0 radical (unpaired) electrons. The number of hydrogen-bond donors (Lipinski definition) is 1. The molecule has 0 aliphatic rings. The second kappa shape index (κ2) is 3.67. The summed E-state index contributed by atoms with van der Waals surface area (Å²) in [5.74, 6) is 0.525. The number of hydrogen-bond acceptors (Lipinski definition) is 1. The fourth-order valence-corrected chi connectivity index (χ4v) is 0.707. The van der Waals surface area contributed by atoms with Crippen LogP contribution in [0.3, 0.4) is 0 Å². The summed E-state index contributed by atoms with van der Waals surface area (Å²) in [5, 5.41) is 0. The molecule has 0 bridgehead atoms. The summed E-state index contributed by atoms with van der Waals surface area (Å²) in [6.45, 7) is 10.2. The zero-order valence-corrected chi connectivity index (χ0v) is 6.65. The molecule has 0 fully saturated rings. The Morgan fingerprint density at radius 1 is 1.56 bits per heavy atom. The van der Waals surface area contributed by atoms with Gasteiger partial charge in [-0.25, -0.2) is 0 Å². The second-order valence-corrected chi connectivity index (χ2v) is 2.78.